The van der Waals surface area contributed by atoms with Gasteiger partial charge in [0.15, 0.2) is 0 Å². The maximum Gasteiger partial charge on any atom is 0.136 e. The van der Waals surface area contributed by atoms with Gasteiger partial charge < -0.3 is 9.32 Å². The van der Waals surface area contributed by atoms with Crippen molar-refractivity contribution in [3.63, 3.8) is 0 Å². The number of rotatable bonds is 4. The van der Waals surface area contributed by atoms with E-state index in [9.17, 15) is 0 Å². The first kappa shape index (κ1) is 29.6. The third-order valence-corrected chi connectivity index (χ3v) is 12.4. The fourth-order valence-electron chi connectivity index (χ4n) is 8.69. The molecule has 2 nitrogen and oxygen atoms in total. The van der Waals surface area contributed by atoms with E-state index in [1.54, 1.807) is 0 Å². The summed E-state index contributed by atoms with van der Waals surface area (Å²) in [6.07, 6.45) is 0. The maximum atomic E-state index is 6.23. The molecule has 0 unspecified atom stereocenters. The highest BCUT2D eigenvalue weighted by atomic mass is 32.1. The molecule has 246 valence electrons. The summed E-state index contributed by atoms with van der Waals surface area (Å²) in [7, 11) is 0. The Morgan fingerprint density at radius 1 is 0.442 bits per heavy atom. The summed E-state index contributed by atoms with van der Waals surface area (Å²) in [5.41, 5.74) is 13.0. The van der Waals surface area contributed by atoms with E-state index in [0.717, 1.165) is 39.0 Å². The Hall–Kier alpha value is -6.16. The number of fused-ring (bicyclic) bond motifs is 10. The highest BCUT2D eigenvalue weighted by Gasteiger charge is 2.35. The summed E-state index contributed by atoms with van der Waals surface area (Å²) in [5, 5.41) is 7.32. The Labute approximate surface area is 305 Å². The third kappa shape index (κ3) is 4.30. The zero-order valence-electron chi connectivity index (χ0n) is 28.9. The molecule has 0 fully saturated rings. The van der Waals surface area contributed by atoms with Gasteiger partial charge in [-0.3, -0.25) is 0 Å². The molecular weight excluding hydrogens is 651 g/mol. The first-order valence-electron chi connectivity index (χ1n) is 17.9. The Morgan fingerprint density at radius 3 is 2.04 bits per heavy atom. The van der Waals surface area contributed by atoms with E-state index < -0.39 is 0 Å². The average molecular weight is 684 g/mol. The van der Waals surface area contributed by atoms with Crippen LogP contribution in [0.15, 0.2) is 168 Å². The van der Waals surface area contributed by atoms with E-state index in [4.69, 9.17) is 4.42 Å². The summed E-state index contributed by atoms with van der Waals surface area (Å²) >= 11 is 1.86. The third-order valence-electron chi connectivity index (χ3n) is 11.3. The summed E-state index contributed by atoms with van der Waals surface area (Å²) in [5.74, 6) is 0. The number of para-hydroxylation sites is 1. The van der Waals surface area contributed by atoms with Gasteiger partial charge >= 0.3 is 0 Å². The highest BCUT2D eigenvalue weighted by Crippen LogP contribution is 2.51. The van der Waals surface area contributed by atoms with Crippen molar-refractivity contribution in [3.05, 3.63) is 175 Å². The van der Waals surface area contributed by atoms with Gasteiger partial charge in [0.05, 0.1) is 0 Å². The number of benzene rings is 8. The van der Waals surface area contributed by atoms with Crippen LogP contribution < -0.4 is 4.90 Å². The standard InChI is InChI=1S/C49H33NOS/c1-49(2)43-15-6-3-11-36(43)41-27-33(23-25-44(41)49)50(34-22-24-39-38-13-5-8-17-47(38)52-48(39)28-34)32-20-18-30(19-21-32)35-14-9-10-31-26-46-42(29-40(31)35)37-12-4-7-16-45(37)51-46/h3-29H,1-2H3. The molecule has 10 aromatic rings. The van der Waals surface area contributed by atoms with Gasteiger partial charge in [0.25, 0.3) is 0 Å². The van der Waals surface area contributed by atoms with Crippen molar-refractivity contribution in [2.45, 2.75) is 19.3 Å². The normalized spacial score (nSPS) is 13.3. The Kier molecular flexibility index (Phi) is 6.21. The monoisotopic (exact) mass is 683 g/mol. The van der Waals surface area contributed by atoms with E-state index in [2.05, 4.69) is 170 Å². The lowest BCUT2D eigenvalue weighted by Gasteiger charge is -2.27. The average Bonchev–Trinajstić information content (AvgIpc) is 3.81. The van der Waals surface area contributed by atoms with Crippen LogP contribution >= 0.6 is 11.3 Å². The van der Waals surface area contributed by atoms with Crippen molar-refractivity contribution in [2.24, 2.45) is 0 Å². The fourth-order valence-corrected chi connectivity index (χ4v) is 9.83. The Morgan fingerprint density at radius 2 is 1.13 bits per heavy atom. The number of thiophene rings is 1. The SMILES string of the molecule is CC1(C)c2ccccc2-c2cc(N(c3ccc(-c4cccc5cc6oc7ccccc7c6cc45)cc3)c3ccc4c(c3)sc3ccccc34)ccc21. The molecule has 0 saturated carbocycles. The van der Waals surface area contributed by atoms with Gasteiger partial charge in [-0.15, -0.1) is 11.3 Å². The van der Waals surface area contributed by atoms with Crippen molar-refractivity contribution < 1.29 is 4.42 Å². The quantitative estimate of drug-likeness (QED) is 0.184. The van der Waals surface area contributed by atoms with Crippen molar-refractivity contribution in [3.8, 4) is 22.3 Å². The topological polar surface area (TPSA) is 16.4 Å². The first-order chi connectivity index (χ1) is 25.5. The van der Waals surface area contributed by atoms with E-state index in [0.29, 0.717) is 0 Å². The molecule has 0 amide bonds. The number of anilines is 3. The van der Waals surface area contributed by atoms with Crippen LogP contribution in [0.25, 0.3) is 75.1 Å². The maximum absolute atomic E-state index is 6.23. The van der Waals surface area contributed by atoms with Crippen molar-refractivity contribution in [1.82, 2.24) is 0 Å². The molecule has 0 atom stereocenters. The van der Waals surface area contributed by atoms with Gasteiger partial charge in [-0.05, 0) is 105 Å². The van der Waals surface area contributed by atoms with Gasteiger partial charge in [-0.1, -0.05) is 117 Å². The van der Waals surface area contributed by atoms with Crippen LogP contribution in [0.4, 0.5) is 17.1 Å². The van der Waals surface area contributed by atoms with Crippen LogP contribution in [-0.2, 0) is 5.41 Å². The highest BCUT2D eigenvalue weighted by molar-refractivity contribution is 7.25. The van der Waals surface area contributed by atoms with Crippen LogP contribution in [0.2, 0.25) is 0 Å². The number of furan rings is 1. The van der Waals surface area contributed by atoms with Crippen LogP contribution in [0.5, 0.6) is 0 Å². The molecule has 2 aromatic heterocycles. The summed E-state index contributed by atoms with van der Waals surface area (Å²) in [6, 6.07) is 60.1. The molecule has 1 aliphatic rings. The molecule has 0 bridgehead atoms. The van der Waals surface area contributed by atoms with Gasteiger partial charge in [0, 0.05) is 53.4 Å². The zero-order chi connectivity index (χ0) is 34.6. The van der Waals surface area contributed by atoms with Crippen molar-refractivity contribution >= 4 is 81.3 Å². The summed E-state index contributed by atoms with van der Waals surface area (Å²) < 4.78 is 8.84. The largest absolute Gasteiger partial charge is 0.456 e. The fraction of sp³-hybridized carbons (Fsp3) is 0.0612. The second-order valence-electron chi connectivity index (χ2n) is 14.5. The van der Waals surface area contributed by atoms with E-state index in [-0.39, 0.29) is 5.41 Å². The molecule has 52 heavy (non-hydrogen) atoms. The lowest BCUT2D eigenvalue weighted by atomic mass is 9.82. The molecule has 2 heterocycles. The molecule has 3 heteroatoms. The lowest BCUT2D eigenvalue weighted by molar-refractivity contribution is 0.660. The molecule has 0 spiro atoms. The Balaban J connectivity index is 1.07. The second-order valence-corrected chi connectivity index (χ2v) is 15.6. The minimum atomic E-state index is -0.0420. The molecular formula is C49H33NOS. The molecule has 11 rings (SSSR count). The summed E-state index contributed by atoms with van der Waals surface area (Å²) in [4.78, 5) is 2.42. The smallest absolute Gasteiger partial charge is 0.136 e. The molecule has 8 aromatic carbocycles. The molecule has 0 N–H and O–H groups in total. The molecule has 0 radical (unpaired) electrons. The zero-order valence-corrected chi connectivity index (χ0v) is 29.7. The predicted octanol–water partition coefficient (Wildman–Crippen LogP) is 14.6. The number of hydrogen-bond acceptors (Lipinski definition) is 3. The van der Waals surface area contributed by atoms with E-state index >= 15 is 0 Å². The minimum absolute atomic E-state index is 0.0420. The van der Waals surface area contributed by atoms with Gasteiger partial charge in [-0.25, -0.2) is 0 Å². The van der Waals surface area contributed by atoms with Crippen LogP contribution in [0.3, 0.4) is 0 Å². The number of nitrogens with zero attached hydrogens (tertiary/aromatic N) is 1. The van der Waals surface area contributed by atoms with E-state index in [1.807, 2.05) is 23.5 Å². The summed E-state index contributed by atoms with van der Waals surface area (Å²) in [6.45, 7) is 4.69. The molecule has 0 aliphatic heterocycles. The van der Waals surface area contributed by atoms with E-state index in [1.165, 1.54) is 64.3 Å². The number of hydrogen-bond donors (Lipinski definition) is 0. The first-order valence-corrected chi connectivity index (χ1v) is 18.7. The van der Waals surface area contributed by atoms with Gasteiger partial charge in [0.2, 0.25) is 0 Å². The molecule has 0 saturated heterocycles. The van der Waals surface area contributed by atoms with Gasteiger partial charge in [0.1, 0.15) is 11.2 Å². The van der Waals surface area contributed by atoms with Crippen LogP contribution in [-0.4, -0.2) is 0 Å². The Bertz CT molecular complexity index is 3050. The van der Waals surface area contributed by atoms with Crippen LogP contribution in [0, 0.1) is 0 Å². The van der Waals surface area contributed by atoms with Gasteiger partial charge in [-0.2, -0.15) is 0 Å². The minimum Gasteiger partial charge on any atom is -0.456 e. The lowest BCUT2D eigenvalue weighted by Crippen LogP contribution is -2.15. The molecule has 1 aliphatic carbocycles. The van der Waals surface area contributed by atoms with Crippen LogP contribution in [0.1, 0.15) is 25.0 Å². The van der Waals surface area contributed by atoms with Crippen molar-refractivity contribution in [1.29, 1.82) is 0 Å². The second kappa shape index (κ2) is 10.9. The predicted molar refractivity (Wildman–Crippen MR) is 222 cm³/mol. The van der Waals surface area contributed by atoms with Crippen molar-refractivity contribution in [2.75, 3.05) is 4.90 Å².